The summed E-state index contributed by atoms with van der Waals surface area (Å²) < 4.78 is 13.1. The van der Waals surface area contributed by atoms with E-state index in [2.05, 4.69) is 14.7 Å². The topological polar surface area (TPSA) is 26.8 Å². The molecule has 3 aliphatic heterocycles. The van der Waals surface area contributed by atoms with Crippen molar-refractivity contribution < 1.29 is 9.18 Å². The fourth-order valence-electron chi connectivity index (χ4n) is 5.03. The molecule has 148 valence electrons. The lowest BCUT2D eigenvalue weighted by molar-refractivity contribution is -0.136. The minimum atomic E-state index is -0.166. The quantitative estimate of drug-likeness (QED) is 0.811. The van der Waals surface area contributed by atoms with Crippen LogP contribution in [-0.4, -0.2) is 65.9 Å². The lowest BCUT2D eigenvalue weighted by Crippen LogP contribution is -2.51. The van der Waals surface area contributed by atoms with E-state index in [0.29, 0.717) is 11.9 Å². The first-order chi connectivity index (χ1) is 13.2. The van der Waals surface area contributed by atoms with E-state index in [1.807, 2.05) is 12.1 Å². The molecule has 0 N–H and O–H groups in total. The monoisotopic (exact) mass is 373 g/mol. The van der Waals surface area contributed by atoms with Crippen molar-refractivity contribution in [2.45, 2.75) is 51.1 Å². The smallest absolute Gasteiger partial charge is 0.226 e. The minimum absolute atomic E-state index is 0.166. The highest BCUT2D eigenvalue weighted by Gasteiger charge is 2.34. The van der Waals surface area contributed by atoms with Crippen LogP contribution in [0.25, 0.3) is 0 Å². The van der Waals surface area contributed by atoms with Gasteiger partial charge in [0, 0.05) is 32.2 Å². The predicted molar refractivity (Wildman–Crippen MR) is 105 cm³/mol. The Morgan fingerprint density at radius 3 is 2.33 bits per heavy atom. The number of amides is 1. The molecule has 4 nitrogen and oxygen atoms in total. The van der Waals surface area contributed by atoms with Crippen LogP contribution in [0.5, 0.6) is 0 Å². The Labute approximate surface area is 162 Å². The van der Waals surface area contributed by atoms with E-state index >= 15 is 0 Å². The van der Waals surface area contributed by atoms with Crippen LogP contribution >= 0.6 is 0 Å². The van der Waals surface area contributed by atoms with Gasteiger partial charge in [0.05, 0.1) is 5.92 Å². The van der Waals surface area contributed by atoms with E-state index in [1.165, 1.54) is 31.2 Å². The first kappa shape index (κ1) is 18.9. The van der Waals surface area contributed by atoms with E-state index in [9.17, 15) is 9.18 Å². The molecular formula is C22H32FN3O. The summed E-state index contributed by atoms with van der Waals surface area (Å²) in [5.41, 5.74) is 1.18. The summed E-state index contributed by atoms with van der Waals surface area (Å²) in [4.78, 5) is 19.9. The van der Waals surface area contributed by atoms with Crippen molar-refractivity contribution in [2.75, 3.05) is 39.3 Å². The van der Waals surface area contributed by atoms with Crippen molar-refractivity contribution in [3.05, 3.63) is 35.6 Å². The summed E-state index contributed by atoms with van der Waals surface area (Å²) in [6, 6.07) is 7.49. The van der Waals surface area contributed by atoms with Crippen molar-refractivity contribution in [1.29, 1.82) is 0 Å². The summed E-state index contributed by atoms with van der Waals surface area (Å²) in [5.74, 6) is 0.459. The Balaban J connectivity index is 1.26. The van der Waals surface area contributed by atoms with Gasteiger partial charge in [0.1, 0.15) is 5.82 Å². The Hall–Kier alpha value is -1.46. The van der Waals surface area contributed by atoms with Gasteiger partial charge < -0.3 is 4.90 Å². The number of nitrogens with zero attached hydrogens (tertiary/aromatic N) is 3. The number of likely N-dealkylation sites (tertiary alicyclic amines) is 3. The number of carbonyl (C=O) groups excluding carboxylic acids is 1. The molecular weight excluding hydrogens is 341 g/mol. The summed E-state index contributed by atoms with van der Waals surface area (Å²) >= 11 is 0. The second-order valence-corrected chi connectivity index (χ2v) is 8.50. The highest BCUT2D eigenvalue weighted by Crippen LogP contribution is 2.26. The highest BCUT2D eigenvalue weighted by atomic mass is 19.1. The van der Waals surface area contributed by atoms with Crippen LogP contribution in [0.1, 0.15) is 44.1 Å². The number of hydrogen-bond donors (Lipinski definition) is 0. The summed E-state index contributed by atoms with van der Waals surface area (Å²) in [6.45, 7) is 7.12. The number of piperidine rings is 2. The van der Waals surface area contributed by atoms with E-state index in [0.717, 1.165) is 58.7 Å². The van der Waals surface area contributed by atoms with Gasteiger partial charge in [0.15, 0.2) is 0 Å². The lowest BCUT2D eigenvalue weighted by atomic mass is 9.93. The Morgan fingerprint density at radius 2 is 1.63 bits per heavy atom. The first-order valence-corrected chi connectivity index (χ1v) is 10.7. The van der Waals surface area contributed by atoms with Gasteiger partial charge in [-0.15, -0.1) is 0 Å². The van der Waals surface area contributed by atoms with Crippen molar-refractivity contribution in [2.24, 2.45) is 5.92 Å². The van der Waals surface area contributed by atoms with E-state index in [-0.39, 0.29) is 11.7 Å². The van der Waals surface area contributed by atoms with Crippen LogP contribution in [0.2, 0.25) is 0 Å². The van der Waals surface area contributed by atoms with Crippen LogP contribution in [0, 0.1) is 11.7 Å². The highest BCUT2D eigenvalue weighted by molar-refractivity contribution is 5.79. The molecule has 0 saturated carbocycles. The molecule has 0 aliphatic carbocycles. The molecule has 1 aromatic rings. The number of hydrogen-bond acceptors (Lipinski definition) is 3. The third-order valence-electron chi connectivity index (χ3n) is 6.61. The fraction of sp³-hybridized carbons (Fsp3) is 0.682. The minimum Gasteiger partial charge on any atom is -0.342 e. The Bertz CT molecular complexity index is 621. The predicted octanol–water partition coefficient (Wildman–Crippen LogP) is 3.12. The van der Waals surface area contributed by atoms with Gasteiger partial charge >= 0.3 is 0 Å². The van der Waals surface area contributed by atoms with Gasteiger partial charge in [0.2, 0.25) is 5.91 Å². The first-order valence-electron chi connectivity index (χ1n) is 10.7. The molecule has 0 unspecified atom stereocenters. The molecule has 0 aromatic heterocycles. The third-order valence-corrected chi connectivity index (χ3v) is 6.61. The molecule has 1 amide bonds. The average Bonchev–Trinajstić information content (AvgIpc) is 3.25. The Kier molecular flexibility index (Phi) is 6.08. The second-order valence-electron chi connectivity index (χ2n) is 8.50. The summed E-state index contributed by atoms with van der Waals surface area (Å²) in [7, 11) is 0. The van der Waals surface area contributed by atoms with Crippen LogP contribution in [-0.2, 0) is 11.3 Å². The van der Waals surface area contributed by atoms with Gasteiger partial charge in [-0.05, 0) is 75.9 Å². The molecule has 0 bridgehead atoms. The maximum Gasteiger partial charge on any atom is 0.226 e. The maximum absolute atomic E-state index is 13.1. The molecule has 0 spiro atoms. The lowest BCUT2D eigenvalue weighted by Gasteiger charge is -2.42. The molecule has 1 aromatic carbocycles. The third kappa shape index (κ3) is 4.69. The number of rotatable bonds is 4. The normalized spacial score (nSPS) is 25.8. The molecule has 3 fully saturated rings. The zero-order valence-electron chi connectivity index (χ0n) is 16.3. The molecule has 3 heterocycles. The largest absolute Gasteiger partial charge is 0.342 e. The van der Waals surface area contributed by atoms with E-state index < -0.39 is 0 Å². The van der Waals surface area contributed by atoms with Gasteiger partial charge in [-0.3, -0.25) is 14.6 Å². The SMILES string of the molecule is O=C([C@H]1CCCN(C2CCN(Cc3ccc(F)cc3)CC2)C1)N1CCCC1. The van der Waals surface area contributed by atoms with Crippen molar-refractivity contribution in [3.63, 3.8) is 0 Å². The summed E-state index contributed by atoms with van der Waals surface area (Å²) in [5, 5.41) is 0. The maximum atomic E-state index is 13.1. The van der Waals surface area contributed by atoms with Gasteiger partial charge in [-0.25, -0.2) is 4.39 Å². The van der Waals surface area contributed by atoms with Crippen molar-refractivity contribution in [3.8, 4) is 0 Å². The molecule has 3 saturated heterocycles. The average molecular weight is 374 g/mol. The molecule has 1 atom stereocenters. The van der Waals surface area contributed by atoms with E-state index in [1.54, 1.807) is 12.1 Å². The fourth-order valence-corrected chi connectivity index (χ4v) is 5.03. The van der Waals surface area contributed by atoms with Gasteiger partial charge in [-0.2, -0.15) is 0 Å². The van der Waals surface area contributed by atoms with E-state index in [4.69, 9.17) is 0 Å². The molecule has 3 aliphatic rings. The zero-order chi connectivity index (χ0) is 18.6. The van der Waals surface area contributed by atoms with Crippen molar-refractivity contribution >= 4 is 5.91 Å². The molecule has 4 rings (SSSR count). The Morgan fingerprint density at radius 1 is 0.926 bits per heavy atom. The van der Waals surface area contributed by atoms with Gasteiger partial charge in [-0.1, -0.05) is 12.1 Å². The molecule has 0 radical (unpaired) electrons. The van der Waals surface area contributed by atoms with Crippen LogP contribution < -0.4 is 0 Å². The number of halogens is 1. The van der Waals surface area contributed by atoms with Crippen molar-refractivity contribution in [1.82, 2.24) is 14.7 Å². The summed E-state index contributed by atoms with van der Waals surface area (Å²) in [6.07, 6.45) is 6.91. The van der Waals surface area contributed by atoms with Crippen LogP contribution in [0.15, 0.2) is 24.3 Å². The molecule has 27 heavy (non-hydrogen) atoms. The standard InChI is InChI=1S/C22H32FN3O/c23-20-7-5-18(6-8-20)16-24-14-9-21(10-15-24)26-13-3-4-19(17-26)22(27)25-11-1-2-12-25/h5-8,19,21H,1-4,9-17H2/t19-/m0/s1. The molecule has 5 heteroatoms. The number of benzene rings is 1. The zero-order valence-corrected chi connectivity index (χ0v) is 16.3. The van der Waals surface area contributed by atoms with Gasteiger partial charge in [0.25, 0.3) is 0 Å². The van der Waals surface area contributed by atoms with Crippen LogP contribution in [0.3, 0.4) is 0 Å². The van der Waals surface area contributed by atoms with Crippen LogP contribution in [0.4, 0.5) is 4.39 Å². The second kappa shape index (κ2) is 8.70. The number of carbonyl (C=O) groups is 1.